The Kier molecular flexibility index (Phi) is 7.61. The molecule has 166 valence electrons. The number of hydrogen-bond donors (Lipinski definition) is 3. The van der Waals surface area contributed by atoms with E-state index in [1.165, 1.54) is 23.9 Å². The predicted molar refractivity (Wildman–Crippen MR) is 122 cm³/mol. The van der Waals surface area contributed by atoms with Crippen LogP contribution >= 0.6 is 11.8 Å². The largest absolute Gasteiger partial charge is 0.478 e. The Morgan fingerprint density at radius 2 is 1.69 bits per heavy atom. The van der Waals surface area contributed by atoms with Crippen molar-refractivity contribution >= 4 is 40.9 Å². The van der Waals surface area contributed by atoms with Crippen molar-refractivity contribution < 1.29 is 19.5 Å². The molecule has 2 aromatic carbocycles. The molecule has 0 unspecified atom stereocenters. The molecule has 1 heterocycles. The summed E-state index contributed by atoms with van der Waals surface area (Å²) in [5.74, 6) is -1.00. The molecule has 9 nitrogen and oxygen atoms in total. The van der Waals surface area contributed by atoms with Gasteiger partial charge in [0.1, 0.15) is 5.82 Å². The zero-order valence-corrected chi connectivity index (χ0v) is 18.5. The zero-order valence-electron chi connectivity index (χ0n) is 17.7. The molecule has 0 fully saturated rings. The maximum Gasteiger partial charge on any atom is 0.335 e. The summed E-state index contributed by atoms with van der Waals surface area (Å²) in [4.78, 5) is 35.7. The minimum Gasteiger partial charge on any atom is -0.478 e. The summed E-state index contributed by atoms with van der Waals surface area (Å²) in [5.41, 5.74) is 2.26. The Morgan fingerprint density at radius 3 is 2.38 bits per heavy atom. The summed E-state index contributed by atoms with van der Waals surface area (Å²) >= 11 is 1.19. The van der Waals surface area contributed by atoms with Crippen LogP contribution in [0, 0.1) is 6.92 Å². The minimum absolute atomic E-state index is 0.0590. The maximum absolute atomic E-state index is 12.4. The second-order valence-corrected chi connectivity index (χ2v) is 7.90. The average Bonchev–Trinajstić information content (AvgIpc) is 3.13. The molecule has 0 radical (unpaired) electrons. The van der Waals surface area contributed by atoms with Gasteiger partial charge in [0.05, 0.1) is 17.7 Å². The van der Waals surface area contributed by atoms with E-state index < -0.39 is 5.97 Å². The number of carbonyl (C=O) groups is 3. The van der Waals surface area contributed by atoms with Crippen molar-refractivity contribution in [2.24, 2.45) is 0 Å². The SMILES string of the molecule is CCn1c(CC(=O)Nc2cccc(C)c2)nnc1SCC(=O)Nc1cccc(C(=O)O)c1. The molecule has 0 saturated heterocycles. The lowest BCUT2D eigenvalue weighted by Gasteiger charge is -2.09. The van der Waals surface area contributed by atoms with Crippen molar-refractivity contribution in [1.29, 1.82) is 0 Å². The quantitative estimate of drug-likeness (QED) is 0.425. The standard InChI is InChI=1S/C22H23N5O4S/c1-3-27-18(12-19(28)23-16-8-4-6-14(2)10-16)25-26-22(27)32-13-20(29)24-17-9-5-7-15(11-17)21(30)31/h4-11H,3,12-13H2,1-2H3,(H,23,28)(H,24,29)(H,30,31). The first kappa shape index (κ1) is 23.0. The Bertz CT molecular complexity index is 1140. The maximum atomic E-state index is 12.4. The lowest BCUT2D eigenvalue weighted by Crippen LogP contribution is -2.18. The van der Waals surface area contributed by atoms with E-state index in [2.05, 4.69) is 20.8 Å². The number of carbonyl (C=O) groups excluding carboxylic acids is 2. The Hall–Kier alpha value is -3.66. The van der Waals surface area contributed by atoms with Crippen molar-refractivity contribution in [2.75, 3.05) is 16.4 Å². The Morgan fingerprint density at radius 1 is 1.00 bits per heavy atom. The van der Waals surface area contributed by atoms with Gasteiger partial charge in [-0.1, -0.05) is 30.0 Å². The number of aromatic nitrogens is 3. The molecule has 0 aliphatic carbocycles. The molecule has 0 atom stereocenters. The van der Waals surface area contributed by atoms with Gasteiger partial charge < -0.3 is 20.3 Å². The number of anilines is 2. The molecule has 3 rings (SSSR count). The van der Waals surface area contributed by atoms with Crippen molar-refractivity contribution in [3.63, 3.8) is 0 Å². The number of benzene rings is 2. The highest BCUT2D eigenvalue weighted by molar-refractivity contribution is 7.99. The van der Waals surface area contributed by atoms with Gasteiger partial charge >= 0.3 is 5.97 Å². The highest BCUT2D eigenvalue weighted by Gasteiger charge is 2.16. The first-order valence-electron chi connectivity index (χ1n) is 9.90. The van der Waals surface area contributed by atoms with Crippen molar-refractivity contribution in [3.8, 4) is 0 Å². The Balaban J connectivity index is 1.58. The van der Waals surface area contributed by atoms with Crippen LogP contribution in [0.4, 0.5) is 11.4 Å². The average molecular weight is 454 g/mol. The number of carboxylic acid groups (broad SMARTS) is 1. The molecule has 0 bridgehead atoms. The molecule has 0 saturated carbocycles. The van der Waals surface area contributed by atoms with E-state index in [1.807, 2.05) is 38.1 Å². The van der Waals surface area contributed by atoms with E-state index in [-0.39, 0.29) is 29.6 Å². The van der Waals surface area contributed by atoms with Crippen LogP contribution in [-0.4, -0.2) is 43.4 Å². The molecule has 1 aromatic heterocycles. The second-order valence-electron chi connectivity index (χ2n) is 6.96. The van der Waals surface area contributed by atoms with Gasteiger partial charge in [0.15, 0.2) is 5.16 Å². The third-order valence-corrected chi connectivity index (χ3v) is 5.42. The van der Waals surface area contributed by atoms with E-state index in [9.17, 15) is 14.4 Å². The van der Waals surface area contributed by atoms with Gasteiger partial charge in [-0.2, -0.15) is 0 Å². The van der Waals surface area contributed by atoms with Crippen molar-refractivity contribution in [2.45, 2.75) is 32.0 Å². The summed E-state index contributed by atoms with van der Waals surface area (Å²) in [5, 5.41) is 23.3. The molecule has 3 N–H and O–H groups in total. The van der Waals surface area contributed by atoms with Crippen LogP contribution in [0.1, 0.15) is 28.7 Å². The summed E-state index contributed by atoms with van der Waals surface area (Å²) in [6, 6.07) is 13.6. The number of nitrogens with zero attached hydrogens (tertiary/aromatic N) is 3. The van der Waals surface area contributed by atoms with E-state index in [4.69, 9.17) is 5.11 Å². The summed E-state index contributed by atoms with van der Waals surface area (Å²) in [7, 11) is 0. The predicted octanol–water partition coefficient (Wildman–Crippen LogP) is 3.22. The summed E-state index contributed by atoms with van der Waals surface area (Å²) in [6.45, 7) is 4.41. The van der Waals surface area contributed by atoms with Gasteiger partial charge in [-0.3, -0.25) is 9.59 Å². The van der Waals surface area contributed by atoms with Gasteiger partial charge in [-0.15, -0.1) is 10.2 Å². The zero-order chi connectivity index (χ0) is 23.1. The van der Waals surface area contributed by atoms with Crippen LogP contribution in [0.15, 0.2) is 53.7 Å². The van der Waals surface area contributed by atoms with E-state index in [0.717, 1.165) is 11.3 Å². The molecule has 10 heteroatoms. The lowest BCUT2D eigenvalue weighted by molar-refractivity contribution is -0.116. The highest BCUT2D eigenvalue weighted by Crippen LogP contribution is 2.19. The smallest absolute Gasteiger partial charge is 0.335 e. The van der Waals surface area contributed by atoms with Crippen LogP contribution < -0.4 is 10.6 Å². The minimum atomic E-state index is -1.06. The van der Waals surface area contributed by atoms with Gasteiger partial charge in [0.2, 0.25) is 11.8 Å². The topological polar surface area (TPSA) is 126 Å². The molecule has 0 aliphatic rings. The monoisotopic (exact) mass is 453 g/mol. The number of aromatic carboxylic acids is 1. The third-order valence-electron chi connectivity index (χ3n) is 4.46. The first-order chi connectivity index (χ1) is 15.4. The fourth-order valence-corrected chi connectivity index (χ4v) is 3.82. The van der Waals surface area contributed by atoms with Crippen LogP contribution in [0.3, 0.4) is 0 Å². The van der Waals surface area contributed by atoms with Gasteiger partial charge in [0, 0.05) is 17.9 Å². The lowest BCUT2D eigenvalue weighted by atomic mass is 10.2. The third kappa shape index (κ3) is 6.17. The number of aryl methyl sites for hydroxylation is 1. The van der Waals surface area contributed by atoms with Crippen LogP contribution in [0.2, 0.25) is 0 Å². The van der Waals surface area contributed by atoms with E-state index in [1.54, 1.807) is 16.7 Å². The van der Waals surface area contributed by atoms with Crippen molar-refractivity contribution in [1.82, 2.24) is 14.8 Å². The number of carboxylic acids is 1. The molecule has 2 amide bonds. The van der Waals surface area contributed by atoms with Crippen LogP contribution in [-0.2, 0) is 22.6 Å². The van der Waals surface area contributed by atoms with E-state index >= 15 is 0 Å². The van der Waals surface area contributed by atoms with E-state index in [0.29, 0.717) is 23.2 Å². The summed E-state index contributed by atoms with van der Waals surface area (Å²) < 4.78 is 1.79. The number of nitrogens with one attached hydrogen (secondary N) is 2. The molecular weight excluding hydrogens is 430 g/mol. The number of thioether (sulfide) groups is 1. The normalized spacial score (nSPS) is 10.6. The molecule has 0 aliphatic heterocycles. The van der Waals surface area contributed by atoms with Gasteiger partial charge in [0.25, 0.3) is 0 Å². The van der Waals surface area contributed by atoms with Crippen LogP contribution in [0.5, 0.6) is 0 Å². The fraction of sp³-hybridized carbons (Fsp3) is 0.227. The van der Waals surface area contributed by atoms with Crippen LogP contribution in [0.25, 0.3) is 0 Å². The fourth-order valence-electron chi connectivity index (χ4n) is 3.00. The Labute approximate surface area is 189 Å². The number of amides is 2. The van der Waals surface area contributed by atoms with Crippen molar-refractivity contribution in [3.05, 3.63) is 65.5 Å². The molecule has 3 aromatic rings. The number of rotatable bonds is 9. The number of hydrogen-bond acceptors (Lipinski definition) is 6. The van der Waals surface area contributed by atoms with Gasteiger partial charge in [-0.05, 0) is 49.7 Å². The second kappa shape index (κ2) is 10.6. The highest BCUT2D eigenvalue weighted by atomic mass is 32.2. The summed E-state index contributed by atoms with van der Waals surface area (Å²) in [6.07, 6.45) is 0.0590. The molecular formula is C22H23N5O4S. The molecule has 32 heavy (non-hydrogen) atoms. The molecule has 0 spiro atoms. The van der Waals surface area contributed by atoms with Gasteiger partial charge in [-0.25, -0.2) is 4.79 Å². The first-order valence-corrected chi connectivity index (χ1v) is 10.9.